The molecule has 1 amide bonds. The van der Waals surface area contributed by atoms with E-state index in [-0.39, 0.29) is 17.2 Å². The lowest BCUT2D eigenvalue weighted by molar-refractivity contribution is -0.126. The minimum Gasteiger partial charge on any atom is -0.503 e. The van der Waals surface area contributed by atoms with E-state index in [2.05, 4.69) is 18.5 Å². The predicted octanol–water partition coefficient (Wildman–Crippen LogP) is 1.84. The van der Waals surface area contributed by atoms with E-state index >= 15 is 0 Å². The van der Waals surface area contributed by atoms with Crippen molar-refractivity contribution in [1.29, 1.82) is 0 Å². The monoisotopic (exact) mass is 327 g/mol. The Morgan fingerprint density at radius 2 is 2.12 bits per heavy atom. The van der Waals surface area contributed by atoms with Crippen LogP contribution in [0.25, 0.3) is 5.70 Å². The molecule has 2 radical (unpaired) electrons. The number of rotatable bonds is 1. The highest BCUT2D eigenvalue weighted by Gasteiger charge is 2.48. The van der Waals surface area contributed by atoms with Gasteiger partial charge in [0, 0.05) is 28.0 Å². The number of carbonyl (C=O) groups is 1. The summed E-state index contributed by atoms with van der Waals surface area (Å²) in [6.45, 7) is 11.0. The van der Waals surface area contributed by atoms with Crippen LogP contribution in [0.5, 0.6) is 5.75 Å². The maximum absolute atomic E-state index is 14.2. The minimum atomic E-state index is -1.20. The van der Waals surface area contributed by atoms with Crippen molar-refractivity contribution < 1.29 is 14.3 Å². The largest absolute Gasteiger partial charge is 0.503 e. The predicted molar refractivity (Wildman–Crippen MR) is 91.5 cm³/mol. The minimum absolute atomic E-state index is 0.123. The zero-order valence-corrected chi connectivity index (χ0v) is 13.7. The topological polar surface area (TPSA) is 78.6 Å². The van der Waals surface area contributed by atoms with Crippen LogP contribution in [-0.4, -0.2) is 29.8 Å². The average molecular weight is 327 g/mol. The zero-order chi connectivity index (χ0) is 18.0. The number of phenolic OH excluding ortho intramolecular Hbond substituents is 1. The number of phenols is 1. The first-order valence-electron chi connectivity index (χ1n) is 7.66. The Morgan fingerprint density at radius 1 is 1.50 bits per heavy atom. The second kappa shape index (κ2) is 5.03. The van der Waals surface area contributed by atoms with Crippen LogP contribution < -0.4 is 11.1 Å². The molecule has 1 fully saturated rings. The summed E-state index contributed by atoms with van der Waals surface area (Å²) in [5, 5.41) is 12.7. The van der Waals surface area contributed by atoms with Crippen LogP contribution in [0.3, 0.4) is 0 Å². The molecule has 0 aliphatic carbocycles. The van der Waals surface area contributed by atoms with Crippen LogP contribution in [0.15, 0.2) is 18.9 Å². The van der Waals surface area contributed by atoms with E-state index in [1.165, 1.54) is 6.92 Å². The van der Waals surface area contributed by atoms with Crippen molar-refractivity contribution in [2.24, 2.45) is 0 Å². The van der Waals surface area contributed by atoms with Crippen molar-refractivity contribution >= 4 is 25.1 Å². The van der Waals surface area contributed by atoms with Gasteiger partial charge in [-0.05, 0) is 32.3 Å². The molecule has 2 heterocycles. The highest BCUT2D eigenvalue weighted by Crippen LogP contribution is 2.52. The Bertz CT molecular complexity index is 804. The molecule has 2 atom stereocenters. The summed E-state index contributed by atoms with van der Waals surface area (Å²) < 4.78 is 14.2. The van der Waals surface area contributed by atoms with Crippen molar-refractivity contribution in [3.63, 3.8) is 0 Å². The van der Waals surface area contributed by atoms with Gasteiger partial charge in [0.15, 0.2) is 11.6 Å². The van der Waals surface area contributed by atoms with Crippen LogP contribution in [0.2, 0.25) is 0 Å². The molecule has 4 N–H and O–H groups in total. The molecule has 0 saturated carbocycles. The van der Waals surface area contributed by atoms with E-state index in [9.17, 15) is 14.3 Å². The fraction of sp³-hybridized carbons (Fsp3) is 0.353. The number of anilines is 1. The molecular formula is C17H19BFN3O2. The molecule has 0 bridgehead atoms. The fourth-order valence-electron chi connectivity index (χ4n) is 3.77. The number of nitrogens with one attached hydrogen (secondary N) is 1. The molecule has 24 heavy (non-hydrogen) atoms. The van der Waals surface area contributed by atoms with Crippen molar-refractivity contribution in [2.75, 3.05) is 5.73 Å². The van der Waals surface area contributed by atoms with Gasteiger partial charge in [-0.15, -0.1) is 0 Å². The molecule has 0 spiro atoms. The number of carbonyl (C=O) groups excluding carboxylic acids is 1. The highest BCUT2D eigenvalue weighted by atomic mass is 19.1. The molecule has 2 aliphatic heterocycles. The lowest BCUT2D eigenvalue weighted by Gasteiger charge is -2.43. The smallest absolute Gasteiger partial charge is 0.246 e. The Hall–Kier alpha value is -2.44. The van der Waals surface area contributed by atoms with Gasteiger partial charge in [0.2, 0.25) is 5.91 Å². The first-order chi connectivity index (χ1) is 11.1. The Kier molecular flexibility index (Phi) is 3.44. The zero-order valence-electron chi connectivity index (χ0n) is 13.7. The summed E-state index contributed by atoms with van der Waals surface area (Å²) in [5.41, 5.74) is 6.73. The van der Waals surface area contributed by atoms with Crippen molar-refractivity contribution in [1.82, 2.24) is 10.2 Å². The first-order valence-corrected chi connectivity index (χ1v) is 7.66. The summed E-state index contributed by atoms with van der Waals surface area (Å²) >= 11 is 0. The van der Waals surface area contributed by atoms with Crippen LogP contribution in [0, 0.1) is 12.7 Å². The van der Waals surface area contributed by atoms with E-state index in [1.807, 2.05) is 0 Å². The van der Waals surface area contributed by atoms with Crippen molar-refractivity contribution in [3.8, 4) is 5.75 Å². The standard InChI is InChI=1S/C17H19BFN3O2/c1-7-5-6-10(16(24)21-7)22-9(3)11-8(2)13(19)15(23)14(20)12(11)17(22,4)18/h10,23H,1,3,5-6,20H2,2,4H3,(H,21,24). The molecular weight excluding hydrogens is 308 g/mol. The van der Waals surface area contributed by atoms with Gasteiger partial charge in [0.25, 0.3) is 0 Å². The average Bonchev–Trinajstić information content (AvgIpc) is 2.70. The second-order valence-corrected chi connectivity index (χ2v) is 6.56. The molecule has 124 valence electrons. The number of fused-ring (bicyclic) bond motifs is 1. The van der Waals surface area contributed by atoms with E-state index in [0.29, 0.717) is 35.4 Å². The number of allylic oxidation sites excluding steroid dienone is 1. The van der Waals surface area contributed by atoms with Crippen molar-refractivity contribution in [2.45, 2.75) is 38.2 Å². The second-order valence-electron chi connectivity index (χ2n) is 6.56. The van der Waals surface area contributed by atoms with E-state index in [0.717, 1.165) is 0 Å². The van der Waals surface area contributed by atoms with Gasteiger partial charge >= 0.3 is 0 Å². The summed E-state index contributed by atoms with van der Waals surface area (Å²) in [5.74, 6) is -1.66. The first kappa shape index (κ1) is 16.4. The van der Waals surface area contributed by atoms with Crippen LogP contribution in [-0.2, 0) is 10.2 Å². The number of benzene rings is 1. The maximum atomic E-state index is 14.2. The SMILES string of the molecule is [B]C1(C)c2c(N)c(O)c(F)c(C)c2C(=C)N1C1CCC(=C)NC1=O. The van der Waals surface area contributed by atoms with E-state index in [4.69, 9.17) is 13.6 Å². The third-order valence-electron chi connectivity index (χ3n) is 4.91. The molecule has 2 aliphatic rings. The van der Waals surface area contributed by atoms with Gasteiger partial charge in [0.1, 0.15) is 13.9 Å². The van der Waals surface area contributed by atoms with Gasteiger partial charge in [-0.1, -0.05) is 13.2 Å². The molecule has 1 aromatic carbocycles. The molecule has 3 rings (SSSR count). The number of amides is 1. The molecule has 7 heteroatoms. The number of hydrogen-bond acceptors (Lipinski definition) is 4. The van der Waals surface area contributed by atoms with Crippen LogP contribution >= 0.6 is 0 Å². The van der Waals surface area contributed by atoms with Crippen LogP contribution in [0.4, 0.5) is 10.1 Å². The number of aromatic hydroxyl groups is 1. The lowest BCUT2D eigenvalue weighted by Crippen LogP contribution is -2.53. The third-order valence-corrected chi connectivity index (χ3v) is 4.91. The van der Waals surface area contributed by atoms with Gasteiger partial charge in [-0.2, -0.15) is 0 Å². The van der Waals surface area contributed by atoms with Crippen molar-refractivity contribution in [3.05, 3.63) is 41.4 Å². The number of hydrogen-bond donors (Lipinski definition) is 3. The molecule has 2 unspecified atom stereocenters. The Balaban J connectivity index is 2.18. The number of nitrogen functional groups attached to an aromatic ring is 1. The Morgan fingerprint density at radius 3 is 2.71 bits per heavy atom. The highest BCUT2D eigenvalue weighted by molar-refractivity contribution is 6.19. The number of piperidine rings is 1. The summed E-state index contributed by atoms with van der Waals surface area (Å²) in [6.07, 6.45) is 1.12. The fourth-order valence-corrected chi connectivity index (χ4v) is 3.77. The quantitative estimate of drug-likeness (QED) is 0.418. The van der Waals surface area contributed by atoms with Gasteiger partial charge < -0.3 is 21.1 Å². The lowest BCUT2D eigenvalue weighted by atomic mass is 9.71. The number of halogens is 1. The van der Waals surface area contributed by atoms with Gasteiger partial charge in [0.05, 0.1) is 5.69 Å². The maximum Gasteiger partial charge on any atom is 0.246 e. The Labute approximate surface area is 141 Å². The van der Waals surface area contributed by atoms with Crippen LogP contribution in [0.1, 0.15) is 36.5 Å². The normalized spacial score (nSPS) is 26.5. The van der Waals surface area contributed by atoms with E-state index < -0.39 is 23.0 Å². The van der Waals surface area contributed by atoms with Gasteiger partial charge in [-0.3, -0.25) is 4.79 Å². The third kappa shape index (κ3) is 1.97. The molecule has 1 saturated heterocycles. The molecule has 5 nitrogen and oxygen atoms in total. The summed E-state index contributed by atoms with van der Waals surface area (Å²) in [4.78, 5) is 14.1. The number of nitrogens with two attached hydrogens (primary N) is 1. The molecule has 0 aromatic heterocycles. The summed E-state index contributed by atoms with van der Waals surface area (Å²) in [7, 11) is 6.49. The molecule has 1 aromatic rings. The summed E-state index contributed by atoms with van der Waals surface area (Å²) in [6, 6.07) is -0.575. The van der Waals surface area contributed by atoms with E-state index in [1.54, 1.807) is 11.8 Å². The number of nitrogens with zero attached hydrogens (tertiary/aromatic N) is 1. The van der Waals surface area contributed by atoms with Gasteiger partial charge in [-0.25, -0.2) is 4.39 Å².